The zero-order valence-corrected chi connectivity index (χ0v) is 11.7. The maximum atomic E-state index is 13.0. The first kappa shape index (κ1) is 14.5. The molecule has 1 aromatic heterocycles. The van der Waals surface area contributed by atoms with E-state index in [1.165, 1.54) is 12.1 Å². The van der Waals surface area contributed by atoms with E-state index >= 15 is 0 Å². The minimum absolute atomic E-state index is 0.0918. The van der Waals surface area contributed by atoms with Gasteiger partial charge in [0, 0.05) is 12.1 Å². The van der Waals surface area contributed by atoms with E-state index in [1.54, 1.807) is 16.7 Å². The van der Waals surface area contributed by atoms with Crippen molar-refractivity contribution in [3.8, 4) is 5.69 Å². The van der Waals surface area contributed by atoms with Crippen molar-refractivity contribution >= 4 is 17.7 Å². The molecule has 106 valence electrons. The Kier molecular flexibility index (Phi) is 4.73. The summed E-state index contributed by atoms with van der Waals surface area (Å²) < 4.78 is 14.8. The third-order valence-electron chi connectivity index (χ3n) is 2.58. The van der Waals surface area contributed by atoms with Gasteiger partial charge >= 0.3 is 5.97 Å². The summed E-state index contributed by atoms with van der Waals surface area (Å²) in [5.41, 5.74) is 0.729. The van der Waals surface area contributed by atoms with Crippen molar-refractivity contribution in [3.05, 3.63) is 35.9 Å². The molecule has 0 saturated heterocycles. The summed E-state index contributed by atoms with van der Waals surface area (Å²) in [7, 11) is 0. The molecule has 20 heavy (non-hydrogen) atoms. The lowest BCUT2D eigenvalue weighted by Crippen LogP contribution is -2.05. The van der Waals surface area contributed by atoms with Gasteiger partial charge in [0.1, 0.15) is 11.6 Å². The van der Waals surface area contributed by atoms with Gasteiger partial charge in [0.2, 0.25) is 0 Å². The average Bonchev–Trinajstić information content (AvgIpc) is 2.81. The van der Waals surface area contributed by atoms with Crippen LogP contribution in [0.5, 0.6) is 0 Å². The summed E-state index contributed by atoms with van der Waals surface area (Å²) in [5, 5.41) is 17.4. The normalized spacial score (nSPS) is 10.7. The monoisotopic (exact) mass is 295 g/mol. The first-order valence-corrected chi connectivity index (χ1v) is 7.15. The van der Waals surface area contributed by atoms with E-state index in [-0.39, 0.29) is 11.6 Å². The van der Waals surface area contributed by atoms with E-state index in [9.17, 15) is 9.18 Å². The van der Waals surface area contributed by atoms with Crippen LogP contribution in [0.25, 0.3) is 5.69 Å². The number of carbonyl (C=O) groups is 1. The lowest BCUT2D eigenvalue weighted by molar-refractivity contribution is -0.133. The lowest BCUT2D eigenvalue weighted by atomic mass is 10.3. The Morgan fingerprint density at radius 1 is 1.35 bits per heavy atom. The molecule has 1 heterocycles. The molecule has 0 aliphatic rings. The minimum atomic E-state index is -0.916. The Morgan fingerprint density at radius 3 is 2.65 bits per heavy atom. The number of hydrogen-bond acceptors (Lipinski definition) is 4. The molecule has 0 bridgehead atoms. The first-order chi connectivity index (χ1) is 9.61. The summed E-state index contributed by atoms with van der Waals surface area (Å²) in [4.78, 5) is 10.7. The van der Waals surface area contributed by atoms with Crippen molar-refractivity contribution in [1.82, 2.24) is 14.8 Å². The van der Waals surface area contributed by atoms with Crippen LogP contribution in [0.4, 0.5) is 4.39 Å². The Morgan fingerprint density at radius 2 is 2.05 bits per heavy atom. The summed E-state index contributed by atoms with van der Waals surface area (Å²) in [6.07, 6.45) is 1.61. The van der Waals surface area contributed by atoms with Gasteiger partial charge in [-0.1, -0.05) is 18.7 Å². The molecule has 5 nitrogen and oxygen atoms in total. The summed E-state index contributed by atoms with van der Waals surface area (Å²) in [6.45, 7) is 2.02. The van der Waals surface area contributed by atoms with Crippen molar-refractivity contribution in [2.45, 2.75) is 24.9 Å². The van der Waals surface area contributed by atoms with Crippen LogP contribution in [0.2, 0.25) is 0 Å². The topological polar surface area (TPSA) is 68.0 Å². The summed E-state index contributed by atoms with van der Waals surface area (Å²) in [5.74, 6) is -0.586. The molecule has 0 unspecified atom stereocenters. The highest BCUT2D eigenvalue weighted by molar-refractivity contribution is 7.99. The van der Waals surface area contributed by atoms with Crippen LogP contribution >= 0.6 is 11.8 Å². The summed E-state index contributed by atoms with van der Waals surface area (Å²) >= 11 is 1.10. The van der Waals surface area contributed by atoms with Crippen molar-refractivity contribution in [3.63, 3.8) is 0 Å². The van der Waals surface area contributed by atoms with Gasteiger partial charge in [-0.15, -0.1) is 10.2 Å². The number of thioether (sulfide) groups is 1. The van der Waals surface area contributed by atoms with Crippen LogP contribution in [0.15, 0.2) is 29.4 Å². The maximum Gasteiger partial charge on any atom is 0.313 e. The molecule has 2 rings (SSSR count). The van der Waals surface area contributed by atoms with E-state index in [2.05, 4.69) is 10.2 Å². The number of nitrogens with zero attached hydrogens (tertiary/aromatic N) is 3. The third-order valence-corrected chi connectivity index (χ3v) is 3.50. The molecular weight excluding hydrogens is 281 g/mol. The smallest absolute Gasteiger partial charge is 0.313 e. The molecule has 7 heteroatoms. The van der Waals surface area contributed by atoms with Crippen LogP contribution < -0.4 is 0 Å². The van der Waals surface area contributed by atoms with Crippen LogP contribution in [-0.2, 0) is 11.2 Å². The van der Waals surface area contributed by atoms with Gasteiger partial charge in [0.05, 0.1) is 5.75 Å². The number of hydrogen-bond donors (Lipinski definition) is 1. The zero-order valence-electron chi connectivity index (χ0n) is 10.9. The largest absolute Gasteiger partial charge is 0.481 e. The zero-order chi connectivity index (χ0) is 14.5. The van der Waals surface area contributed by atoms with Gasteiger partial charge in [-0.3, -0.25) is 9.36 Å². The summed E-state index contributed by atoms with van der Waals surface area (Å²) in [6, 6.07) is 5.97. The Balaban J connectivity index is 2.38. The van der Waals surface area contributed by atoms with Gasteiger partial charge in [-0.2, -0.15) is 0 Å². The van der Waals surface area contributed by atoms with Gasteiger partial charge < -0.3 is 5.11 Å². The highest BCUT2D eigenvalue weighted by Crippen LogP contribution is 2.22. The minimum Gasteiger partial charge on any atom is -0.481 e. The van der Waals surface area contributed by atoms with Gasteiger partial charge in [0.15, 0.2) is 5.16 Å². The fraction of sp³-hybridized carbons (Fsp3) is 0.308. The van der Waals surface area contributed by atoms with E-state index in [0.717, 1.165) is 36.1 Å². The van der Waals surface area contributed by atoms with Gasteiger partial charge in [0.25, 0.3) is 0 Å². The molecule has 1 N–H and O–H groups in total. The standard InChI is InChI=1S/C13H14FN3O2S/c1-2-3-11-15-16-13(20-8-12(18)19)17(11)10-6-4-9(14)5-7-10/h4-7H,2-3,8H2,1H3,(H,18,19). The molecule has 0 spiro atoms. The molecule has 0 atom stereocenters. The fourth-order valence-corrected chi connectivity index (χ4v) is 2.45. The number of aliphatic carboxylic acids is 1. The molecule has 0 saturated carbocycles. The molecule has 0 aliphatic carbocycles. The maximum absolute atomic E-state index is 13.0. The highest BCUT2D eigenvalue weighted by atomic mass is 32.2. The number of aromatic nitrogens is 3. The van der Waals surface area contributed by atoms with Crippen molar-refractivity contribution < 1.29 is 14.3 Å². The van der Waals surface area contributed by atoms with E-state index < -0.39 is 5.97 Å². The number of carboxylic acids is 1. The highest BCUT2D eigenvalue weighted by Gasteiger charge is 2.15. The first-order valence-electron chi connectivity index (χ1n) is 6.16. The number of aryl methyl sites for hydroxylation is 1. The Bertz CT molecular complexity index is 598. The van der Waals surface area contributed by atoms with Crippen molar-refractivity contribution in [2.75, 3.05) is 5.75 Å². The molecule has 0 amide bonds. The number of carboxylic acid groups (broad SMARTS) is 1. The molecule has 1 aromatic carbocycles. The second-order valence-corrected chi connectivity index (χ2v) is 5.09. The third kappa shape index (κ3) is 3.36. The van der Waals surface area contributed by atoms with Gasteiger partial charge in [-0.25, -0.2) is 4.39 Å². The average molecular weight is 295 g/mol. The molecule has 0 aliphatic heterocycles. The van der Waals surface area contributed by atoms with Crippen LogP contribution in [0, 0.1) is 5.82 Å². The van der Waals surface area contributed by atoms with Crippen LogP contribution in [0.1, 0.15) is 19.2 Å². The predicted octanol–water partition coefficient (Wildman–Crippen LogP) is 2.54. The molecule has 2 aromatic rings. The predicted molar refractivity (Wildman–Crippen MR) is 73.7 cm³/mol. The fourth-order valence-electron chi connectivity index (χ4n) is 1.76. The van der Waals surface area contributed by atoms with E-state index in [0.29, 0.717) is 5.16 Å². The van der Waals surface area contributed by atoms with Crippen molar-refractivity contribution in [1.29, 1.82) is 0 Å². The van der Waals surface area contributed by atoms with Crippen molar-refractivity contribution in [2.24, 2.45) is 0 Å². The van der Waals surface area contributed by atoms with Crippen LogP contribution in [-0.4, -0.2) is 31.6 Å². The number of benzene rings is 1. The van der Waals surface area contributed by atoms with Gasteiger partial charge in [-0.05, 0) is 30.7 Å². The lowest BCUT2D eigenvalue weighted by Gasteiger charge is -2.09. The number of rotatable bonds is 6. The SMILES string of the molecule is CCCc1nnc(SCC(=O)O)n1-c1ccc(F)cc1. The van der Waals surface area contributed by atoms with E-state index in [1.807, 2.05) is 6.92 Å². The Labute approximate surface area is 119 Å². The molecule has 0 radical (unpaired) electrons. The molecule has 0 fully saturated rings. The second-order valence-electron chi connectivity index (χ2n) is 4.14. The Hall–Kier alpha value is -1.89. The molecular formula is C13H14FN3O2S. The number of halogens is 1. The van der Waals surface area contributed by atoms with Crippen LogP contribution in [0.3, 0.4) is 0 Å². The van der Waals surface area contributed by atoms with E-state index in [4.69, 9.17) is 5.11 Å². The second kappa shape index (κ2) is 6.51. The quantitative estimate of drug-likeness (QED) is 0.829.